The van der Waals surface area contributed by atoms with Crippen LogP contribution < -0.4 is 19.5 Å². The molecular weight excluding hydrogens is 296 g/mol. The van der Waals surface area contributed by atoms with Gasteiger partial charge in [-0.1, -0.05) is 0 Å². The van der Waals surface area contributed by atoms with Crippen molar-refractivity contribution in [2.45, 2.75) is 6.42 Å². The maximum absolute atomic E-state index is 12.9. The maximum Gasteiger partial charge on any atom is 0.254 e. The Morgan fingerprint density at radius 1 is 1.09 bits per heavy atom. The average molecular weight is 320 g/mol. The van der Waals surface area contributed by atoms with Gasteiger partial charge >= 0.3 is 0 Å². The first kappa shape index (κ1) is 15.9. The molecule has 0 aliphatic carbocycles. The lowest BCUT2D eigenvalue weighted by molar-refractivity contribution is 0.0641. The van der Waals surface area contributed by atoms with Crippen molar-refractivity contribution >= 4 is 5.91 Å². The summed E-state index contributed by atoms with van der Waals surface area (Å²) in [7, 11) is 4.67. The number of carbonyl (C=O) groups excluding carboxylic acids is 1. The van der Waals surface area contributed by atoms with E-state index in [4.69, 9.17) is 14.2 Å². The van der Waals surface area contributed by atoms with E-state index in [9.17, 15) is 4.79 Å². The van der Waals surface area contributed by atoms with Crippen LogP contribution in [0, 0.1) is 11.8 Å². The van der Waals surface area contributed by atoms with Crippen LogP contribution in [0.15, 0.2) is 12.1 Å². The first-order chi connectivity index (χ1) is 11.2. The highest BCUT2D eigenvalue weighted by Gasteiger charge is 2.35. The van der Waals surface area contributed by atoms with Crippen molar-refractivity contribution in [2.24, 2.45) is 11.8 Å². The number of rotatable bonds is 4. The summed E-state index contributed by atoms with van der Waals surface area (Å²) in [5.74, 6) is 2.81. The van der Waals surface area contributed by atoms with E-state index in [-0.39, 0.29) is 5.91 Å². The predicted molar refractivity (Wildman–Crippen MR) is 86.5 cm³/mol. The van der Waals surface area contributed by atoms with Crippen molar-refractivity contribution in [3.05, 3.63) is 17.7 Å². The average Bonchev–Trinajstić information content (AvgIpc) is 3.07. The molecule has 6 heteroatoms. The molecule has 2 aliphatic rings. The molecular formula is C17H24N2O4. The second-order valence-corrected chi connectivity index (χ2v) is 6.13. The number of piperidine rings is 1. The van der Waals surface area contributed by atoms with Crippen molar-refractivity contribution in [1.82, 2.24) is 10.2 Å². The summed E-state index contributed by atoms with van der Waals surface area (Å²) in [4.78, 5) is 14.8. The molecule has 2 unspecified atom stereocenters. The number of nitrogens with zero attached hydrogens (tertiary/aromatic N) is 1. The second-order valence-electron chi connectivity index (χ2n) is 6.13. The Kier molecular flexibility index (Phi) is 4.61. The van der Waals surface area contributed by atoms with Gasteiger partial charge < -0.3 is 24.4 Å². The lowest BCUT2D eigenvalue weighted by Crippen LogP contribution is -2.43. The zero-order chi connectivity index (χ0) is 16.4. The van der Waals surface area contributed by atoms with E-state index < -0.39 is 0 Å². The van der Waals surface area contributed by atoms with Crippen molar-refractivity contribution in [3.8, 4) is 17.2 Å². The number of fused-ring (bicyclic) bond motifs is 1. The Bertz CT molecular complexity index is 565. The van der Waals surface area contributed by atoms with Crippen LogP contribution in [0.4, 0.5) is 0 Å². The molecule has 2 fully saturated rings. The van der Waals surface area contributed by atoms with E-state index in [1.165, 1.54) is 0 Å². The lowest BCUT2D eigenvalue weighted by atomic mass is 9.88. The summed E-state index contributed by atoms with van der Waals surface area (Å²) >= 11 is 0. The van der Waals surface area contributed by atoms with Crippen LogP contribution in [0.5, 0.6) is 17.2 Å². The summed E-state index contributed by atoms with van der Waals surface area (Å²) in [5, 5.41) is 3.42. The van der Waals surface area contributed by atoms with Gasteiger partial charge in [0.25, 0.3) is 5.91 Å². The molecule has 2 heterocycles. The number of benzene rings is 1. The van der Waals surface area contributed by atoms with Gasteiger partial charge in [0.15, 0.2) is 11.5 Å². The van der Waals surface area contributed by atoms with Gasteiger partial charge in [0.1, 0.15) is 0 Å². The zero-order valence-corrected chi connectivity index (χ0v) is 13.9. The molecule has 1 aromatic carbocycles. The summed E-state index contributed by atoms with van der Waals surface area (Å²) in [5.41, 5.74) is 0.573. The molecule has 1 aromatic rings. The first-order valence-electron chi connectivity index (χ1n) is 7.98. The van der Waals surface area contributed by atoms with Crippen molar-refractivity contribution in [3.63, 3.8) is 0 Å². The molecule has 0 saturated carbocycles. The molecule has 0 radical (unpaired) electrons. The van der Waals surface area contributed by atoms with Crippen LogP contribution in [-0.2, 0) is 0 Å². The number of amides is 1. The Labute approximate surface area is 136 Å². The van der Waals surface area contributed by atoms with Crippen LogP contribution >= 0.6 is 0 Å². The maximum atomic E-state index is 12.9. The fourth-order valence-corrected chi connectivity index (χ4v) is 3.61. The van der Waals surface area contributed by atoms with E-state index in [1.54, 1.807) is 33.5 Å². The van der Waals surface area contributed by atoms with Gasteiger partial charge in [0, 0.05) is 18.7 Å². The standard InChI is InChI=1S/C17H24N2O4/c1-21-14-6-12(7-15(22-2)16(14)23-3)17(20)19-5-4-11-8-18-9-13(11)10-19/h6-7,11,13,18H,4-5,8-10H2,1-3H3. The van der Waals surface area contributed by atoms with Crippen LogP contribution in [0.3, 0.4) is 0 Å². The normalized spacial score (nSPS) is 23.3. The first-order valence-corrected chi connectivity index (χ1v) is 7.98. The Morgan fingerprint density at radius 3 is 2.35 bits per heavy atom. The third-order valence-electron chi connectivity index (χ3n) is 4.90. The summed E-state index contributed by atoms with van der Waals surface area (Å²) in [6.45, 7) is 3.70. The molecule has 0 bridgehead atoms. The van der Waals surface area contributed by atoms with Crippen molar-refractivity contribution in [2.75, 3.05) is 47.5 Å². The largest absolute Gasteiger partial charge is 0.493 e. The minimum absolute atomic E-state index is 0.0228. The van der Waals surface area contributed by atoms with Gasteiger partial charge in [-0.3, -0.25) is 4.79 Å². The summed E-state index contributed by atoms with van der Waals surface area (Å²) < 4.78 is 16.0. The number of hydrogen-bond donors (Lipinski definition) is 1. The van der Waals surface area contributed by atoms with Gasteiger partial charge in [-0.15, -0.1) is 0 Å². The quantitative estimate of drug-likeness (QED) is 0.908. The van der Waals surface area contributed by atoms with Gasteiger partial charge in [-0.05, 0) is 43.5 Å². The number of likely N-dealkylation sites (tertiary alicyclic amines) is 1. The van der Waals surface area contributed by atoms with Crippen LogP contribution in [-0.4, -0.2) is 58.3 Å². The molecule has 23 heavy (non-hydrogen) atoms. The second kappa shape index (κ2) is 6.66. The highest BCUT2D eigenvalue weighted by atomic mass is 16.5. The fraction of sp³-hybridized carbons (Fsp3) is 0.588. The van der Waals surface area contributed by atoms with Gasteiger partial charge in [0.2, 0.25) is 5.75 Å². The number of carbonyl (C=O) groups is 1. The zero-order valence-electron chi connectivity index (χ0n) is 13.9. The van der Waals surface area contributed by atoms with E-state index in [2.05, 4.69) is 5.32 Å². The van der Waals surface area contributed by atoms with Gasteiger partial charge in [-0.2, -0.15) is 0 Å². The Hall–Kier alpha value is -1.95. The van der Waals surface area contributed by atoms with Crippen LogP contribution in [0.25, 0.3) is 0 Å². The molecule has 0 spiro atoms. The molecule has 0 aromatic heterocycles. The SMILES string of the molecule is COc1cc(C(=O)N2CCC3CNCC3C2)cc(OC)c1OC. The molecule has 1 N–H and O–H groups in total. The smallest absolute Gasteiger partial charge is 0.254 e. The van der Waals surface area contributed by atoms with Crippen molar-refractivity contribution in [1.29, 1.82) is 0 Å². The minimum Gasteiger partial charge on any atom is -0.493 e. The van der Waals surface area contributed by atoms with Gasteiger partial charge in [-0.25, -0.2) is 0 Å². The van der Waals surface area contributed by atoms with Gasteiger partial charge in [0.05, 0.1) is 21.3 Å². The van der Waals surface area contributed by atoms with E-state index in [0.717, 1.165) is 32.6 Å². The number of ether oxygens (including phenoxy) is 3. The Morgan fingerprint density at radius 2 is 1.74 bits per heavy atom. The highest BCUT2D eigenvalue weighted by molar-refractivity contribution is 5.95. The van der Waals surface area contributed by atoms with E-state index >= 15 is 0 Å². The minimum atomic E-state index is 0.0228. The molecule has 6 nitrogen and oxygen atoms in total. The molecule has 1 amide bonds. The summed E-state index contributed by atoms with van der Waals surface area (Å²) in [6, 6.07) is 3.45. The number of methoxy groups -OCH3 is 3. The van der Waals surface area contributed by atoms with Crippen LogP contribution in [0.1, 0.15) is 16.8 Å². The molecule has 2 atom stereocenters. The molecule has 126 valence electrons. The molecule has 2 aliphatic heterocycles. The topological polar surface area (TPSA) is 60.0 Å². The Balaban J connectivity index is 1.84. The van der Waals surface area contributed by atoms with Crippen LogP contribution in [0.2, 0.25) is 0 Å². The monoisotopic (exact) mass is 320 g/mol. The highest BCUT2D eigenvalue weighted by Crippen LogP contribution is 2.39. The van der Waals surface area contributed by atoms with Crippen molar-refractivity contribution < 1.29 is 19.0 Å². The fourth-order valence-electron chi connectivity index (χ4n) is 3.61. The van der Waals surface area contributed by atoms with E-state index in [0.29, 0.717) is 34.6 Å². The third kappa shape index (κ3) is 2.95. The molecule has 3 rings (SSSR count). The lowest BCUT2D eigenvalue weighted by Gasteiger charge is -2.34. The number of hydrogen-bond acceptors (Lipinski definition) is 5. The summed E-state index contributed by atoms with van der Waals surface area (Å²) in [6.07, 6.45) is 1.06. The number of nitrogens with one attached hydrogen (secondary N) is 1. The molecule has 2 saturated heterocycles. The third-order valence-corrected chi connectivity index (χ3v) is 4.90. The van der Waals surface area contributed by atoms with E-state index in [1.807, 2.05) is 4.90 Å². The predicted octanol–water partition coefficient (Wildman–Crippen LogP) is 1.39.